The van der Waals surface area contributed by atoms with E-state index in [9.17, 15) is 10.1 Å². The summed E-state index contributed by atoms with van der Waals surface area (Å²) in [6.45, 7) is 2.55. The van der Waals surface area contributed by atoms with Gasteiger partial charge >= 0.3 is 0 Å². The van der Waals surface area contributed by atoms with Gasteiger partial charge in [0.25, 0.3) is 0 Å². The van der Waals surface area contributed by atoms with Crippen LogP contribution in [0.15, 0.2) is 0 Å². The quantitative estimate of drug-likeness (QED) is 0.875. The van der Waals surface area contributed by atoms with Crippen LogP contribution in [0.5, 0.6) is 0 Å². The summed E-state index contributed by atoms with van der Waals surface area (Å²) in [5, 5.41) is 12.8. The maximum Gasteiger partial charge on any atom is 0.226 e. The highest BCUT2D eigenvalue weighted by Gasteiger charge is 2.24. The van der Waals surface area contributed by atoms with Crippen LogP contribution in [0.3, 0.4) is 0 Å². The average molecular weight is 263 g/mol. The van der Waals surface area contributed by atoms with Crippen molar-refractivity contribution >= 4 is 22.2 Å². The fourth-order valence-corrected chi connectivity index (χ4v) is 3.65. The summed E-state index contributed by atoms with van der Waals surface area (Å²) in [6.07, 6.45) is 3.38. The van der Waals surface area contributed by atoms with Crippen LogP contribution < -0.4 is 11.1 Å². The maximum atomic E-state index is 11.6. The second-order valence-corrected chi connectivity index (χ2v) is 5.86. The number of nitrogens with one attached hydrogen (secondary N) is 1. The fourth-order valence-electron chi connectivity index (χ4n) is 2.28. The molecule has 3 N–H and O–H groups in total. The molecule has 0 aromatic carbocycles. The molecule has 0 fully saturated rings. The van der Waals surface area contributed by atoms with Gasteiger partial charge in [0.15, 0.2) is 0 Å². The first kappa shape index (κ1) is 13.1. The van der Waals surface area contributed by atoms with E-state index < -0.39 is 0 Å². The van der Waals surface area contributed by atoms with Crippen molar-refractivity contribution in [3.05, 3.63) is 16.0 Å². The molecule has 96 valence electrons. The molecule has 1 aromatic rings. The van der Waals surface area contributed by atoms with Crippen LogP contribution in [0.1, 0.15) is 35.8 Å². The molecule has 0 saturated carbocycles. The Morgan fingerprint density at radius 1 is 1.67 bits per heavy atom. The molecular weight excluding hydrogens is 246 g/mol. The number of thiophene rings is 1. The summed E-state index contributed by atoms with van der Waals surface area (Å²) in [7, 11) is 0. The zero-order valence-corrected chi connectivity index (χ0v) is 11.3. The molecule has 1 aliphatic rings. The van der Waals surface area contributed by atoms with Gasteiger partial charge in [0.1, 0.15) is 11.1 Å². The minimum atomic E-state index is -0.111. The second kappa shape index (κ2) is 5.51. The Balaban J connectivity index is 2.26. The van der Waals surface area contributed by atoms with Crippen molar-refractivity contribution in [1.29, 1.82) is 5.26 Å². The van der Waals surface area contributed by atoms with Gasteiger partial charge in [0.05, 0.1) is 5.56 Å². The second-order valence-electron chi connectivity index (χ2n) is 4.75. The van der Waals surface area contributed by atoms with Crippen LogP contribution in [0.2, 0.25) is 0 Å². The van der Waals surface area contributed by atoms with Crippen molar-refractivity contribution in [3.63, 3.8) is 0 Å². The molecule has 1 aromatic heterocycles. The van der Waals surface area contributed by atoms with E-state index in [0.29, 0.717) is 29.4 Å². The standard InChI is InChI=1S/C13H17N3OS/c1-8-2-3-9-10(7-15)13(18-11(9)6-8)16-12(17)4-5-14/h8H,2-6,14H2,1H3,(H,16,17). The minimum Gasteiger partial charge on any atom is -0.330 e. The lowest BCUT2D eigenvalue weighted by atomic mass is 9.89. The van der Waals surface area contributed by atoms with E-state index in [2.05, 4.69) is 18.3 Å². The van der Waals surface area contributed by atoms with Crippen LogP contribution in [0, 0.1) is 17.2 Å². The molecule has 0 spiro atoms. The molecule has 18 heavy (non-hydrogen) atoms. The summed E-state index contributed by atoms with van der Waals surface area (Å²) in [5.41, 5.74) is 7.15. The van der Waals surface area contributed by atoms with Gasteiger partial charge in [-0.05, 0) is 30.7 Å². The number of nitrogens with zero attached hydrogens (tertiary/aromatic N) is 1. The Morgan fingerprint density at radius 3 is 3.11 bits per heavy atom. The van der Waals surface area contributed by atoms with Crippen LogP contribution in [-0.4, -0.2) is 12.5 Å². The molecule has 0 saturated heterocycles. The number of nitrogens with two attached hydrogens (primary N) is 1. The Bertz CT molecular complexity index is 501. The lowest BCUT2D eigenvalue weighted by Gasteiger charge is -2.17. The Labute approximate surface area is 111 Å². The van der Waals surface area contributed by atoms with E-state index in [4.69, 9.17) is 5.73 Å². The minimum absolute atomic E-state index is 0.111. The van der Waals surface area contributed by atoms with E-state index in [0.717, 1.165) is 24.8 Å². The van der Waals surface area contributed by atoms with E-state index in [1.807, 2.05) is 0 Å². The highest BCUT2D eigenvalue weighted by molar-refractivity contribution is 7.16. The SMILES string of the molecule is CC1CCc2c(sc(NC(=O)CCN)c2C#N)C1. The van der Waals surface area contributed by atoms with Crippen molar-refractivity contribution in [2.24, 2.45) is 11.7 Å². The Kier molecular flexibility index (Phi) is 4.00. The molecule has 5 heteroatoms. The highest BCUT2D eigenvalue weighted by atomic mass is 32.1. The van der Waals surface area contributed by atoms with E-state index in [-0.39, 0.29) is 5.91 Å². The smallest absolute Gasteiger partial charge is 0.226 e. The predicted molar refractivity (Wildman–Crippen MR) is 72.5 cm³/mol. The molecule has 4 nitrogen and oxygen atoms in total. The molecule has 1 atom stereocenters. The largest absolute Gasteiger partial charge is 0.330 e. The summed E-state index contributed by atoms with van der Waals surface area (Å²) < 4.78 is 0. The van der Waals surface area contributed by atoms with Crippen LogP contribution in [0.4, 0.5) is 5.00 Å². The van der Waals surface area contributed by atoms with Crippen LogP contribution in [-0.2, 0) is 17.6 Å². The lowest BCUT2D eigenvalue weighted by Crippen LogP contribution is -2.16. The normalized spacial score (nSPS) is 17.9. The van der Waals surface area contributed by atoms with Crippen molar-refractivity contribution < 1.29 is 4.79 Å². The van der Waals surface area contributed by atoms with Crippen LogP contribution >= 0.6 is 11.3 Å². The number of nitriles is 1. The van der Waals surface area contributed by atoms with Gasteiger partial charge in [-0.2, -0.15) is 5.26 Å². The van der Waals surface area contributed by atoms with Gasteiger partial charge in [0, 0.05) is 17.8 Å². The van der Waals surface area contributed by atoms with Gasteiger partial charge < -0.3 is 11.1 Å². The number of rotatable bonds is 3. The Morgan fingerprint density at radius 2 is 2.44 bits per heavy atom. The summed E-state index contributed by atoms with van der Waals surface area (Å²) in [4.78, 5) is 12.8. The maximum absolute atomic E-state index is 11.6. The number of hydrogen-bond acceptors (Lipinski definition) is 4. The number of hydrogen-bond donors (Lipinski definition) is 2. The molecule has 1 amide bonds. The number of carbonyl (C=O) groups excluding carboxylic acids is 1. The predicted octanol–water partition coefficient (Wildman–Crippen LogP) is 2.03. The number of fused-ring (bicyclic) bond motifs is 1. The third-order valence-electron chi connectivity index (χ3n) is 3.25. The molecule has 0 radical (unpaired) electrons. The van der Waals surface area contributed by atoms with Gasteiger partial charge in [-0.1, -0.05) is 6.92 Å². The molecule has 0 bridgehead atoms. The summed E-state index contributed by atoms with van der Waals surface area (Å²) in [6, 6.07) is 2.23. The van der Waals surface area contributed by atoms with Crippen molar-refractivity contribution in [3.8, 4) is 6.07 Å². The lowest BCUT2D eigenvalue weighted by molar-refractivity contribution is -0.116. The van der Waals surface area contributed by atoms with E-state index >= 15 is 0 Å². The van der Waals surface area contributed by atoms with Gasteiger partial charge in [-0.3, -0.25) is 4.79 Å². The zero-order chi connectivity index (χ0) is 13.1. The molecule has 1 unspecified atom stereocenters. The number of amides is 1. The van der Waals surface area contributed by atoms with Crippen molar-refractivity contribution in [1.82, 2.24) is 0 Å². The van der Waals surface area contributed by atoms with Gasteiger partial charge in [-0.15, -0.1) is 11.3 Å². The molecule has 0 aliphatic heterocycles. The first-order valence-corrected chi connectivity index (χ1v) is 7.02. The Hall–Kier alpha value is -1.38. The zero-order valence-electron chi connectivity index (χ0n) is 10.5. The van der Waals surface area contributed by atoms with E-state index in [1.165, 1.54) is 4.88 Å². The number of anilines is 1. The average Bonchev–Trinajstić information content (AvgIpc) is 2.65. The summed E-state index contributed by atoms with van der Waals surface area (Å²) in [5.74, 6) is 0.552. The third kappa shape index (κ3) is 2.55. The highest BCUT2D eigenvalue weighted by Crippen LogP contribution is 2.39. The monoisotopic (exact) mass is 263 g/mol. The van der Waals surface area contributed by atoms with Gasteiger partial charge in [0.2, 0.25) is 5.91 Å². The van der Waals surface area contributed by atoms with Crippen molar-refractivity contribution in [2.75, 3.05) is 11.9 Å². The molecule has 1 heterocycles. The van der Waals surface area contributed by atoms with Gasteiger partial charge in [-0.25, -0.2) is 0 Å². The first-order valence-electron chi connectivity index (χ1n) is 6.20. The fraction of sp³-hybridized carbons (Fsp3) is 0.538. The molecular formula is C13H17N3OS. The molecule has 2 rings (SSSR count). The third-order valence-corrected chi connectivity index (χ3v) is 4.42. The summed E-state index contributed by atoms with van der Waals surface area (Å²) >= 11 is 1.55. The number of carbonyl (C=O) groups is 1. The molecule has 1 aliphatic carbocycles. The van der Waals surface area contributed by atoms with Crippen LogP contribution in [0.25, 0.3) is 0 Å². The topological polar surface area (TPSA) is 78.9 Å². The first-order chi connectivity index (χ1) is 8.65. The van der Waals surface area contributed by atoms with Crippen molar-refractivity contribution in [2.45, 2.75) is 32.6 Å². The van der Waals surface area contributed by atoms with E-state index in [1.54, 1.807) is 11.3 Å².